The SMILES string of the molecule is NC(=O)[C@H]1CCCCN1CC(=O)Nc1cccc(Cl)c1. The molecule has 1 heterocycles. The van der Waals surface area contributed by atoms with Crippen molar-refractivity contribution in [3.05, 3.63) is 29.3 Å². The van der Waals surface area contributed by atoms with E-state index in [1.807, 2.05) is 4.90 Å². The van der Waals surface area contributed by atoms with Crippen molar-refractivity contribution in [1.29, 1.82) is 0 Å². The molecule has 1 saturated heterocycles. The minimum Gasteiger partial charge on any atom is -0.368 e. The Balaban J connectivity index is 1.94. The van der Waals surface area contributed by atoms with Gasteiger partial charge in [0.15, 0.2) is 0 Å². The van der Waals surface area contributed by atoms with Crippen LogP contribution in [0.4, 0.5) is 5.69 Å². The van der Waals surface area contributed by atoms with E-state index < -0.39 is 0 Å². The number of rotatable bonds is 4. The lowest BCUT2D eigenvalue weighted by molar-refractivity contribution is -0.126. The third-order valence-corrected chi connectivity index (χ3v) is 3.63. The number of nitrogens with two attached hydrogens (primary N) is 1. The van der Waals surface area contributed by atoms with E-state index in [0.29, 0.717) is 10.7 Å². The number of likely N-dealkylation sites (tertiary alicyclic amines) is 1. The second kappa shape index (κ2) is 6.72. The van der Waals surface area contributed by atoms with Crippen LogP contribution in [0, 0.1) is 0 Å². The Hall–Kier alpha value is -1.59. The zero-order chi connectivity index (χ0) is 14.5. The molecule has 0 aliphatic carbocycles. The number of piperidine rings is 1. The Bertz CT molecular complexity index is 507. The molecule has 1 aromatic rings. The van der Waals surface area contributed by atoms with Crippen LogP contribution in [0.25, 0.3) is 0 Å². The van der Waals surface area contributed by atoms with Crippen molar-refractivity contribution in [1.82, 2.24) is 4.90 Å². The fraction of sp³-hybridized carbons (Fsp3) is 0.429. The van der Waals surface area contributed by atoms with Crippen LogP contribution >= 0.6 is 11.6 Å². The lowest BCUT2D eigenvalue weighted by atomic mass is 10.0. The second-order valence-corrected chi connectivity index (χ2v) is 5.38. The third kappa shape index (κ3) is 3.95. The molecule has 3 N–H and O–H groups in total. The summed E-state index contributed by atoms with van der Waals surface area (Å²) < 4.78 is 0. The number of primary amides is 1. The maximum atomic E-state index is 12.0. The first kappa shape index (κ1) is 14.8. The zero-order valence-corrected chi connectivity index (χ0v) is 11.9. The molecule has 0 unspecified atom stereocenters. The van der Waals surface area contributed by atoms with Crippen molar-refractivity contribution < 1.29 is 9.59 Å². The first-order chi connectivity index (χ1) is 9.56. The molecule has 0 aromatic heterocycles. The molecule has 2 rings (SSSR count). The van der Waals surface area contributed by atoms with E-state index in [-0.39, 0.29) is 24.4 Å². The highest BCUT2D eigenvalue weighted by Crippen LogP contribution is 2.18. The predicted molar refractivity (Wildman–Crippen MR) is 78.5 cm³/mol. The van der Waals surface area contributed by atoms with Crippen LogP contribution < -0.4 is 11.1 Å². The molecule has 1 aromatic carbocycles. The van der Waals surface area contributed by atoms with Gasteiger partial charge in [-0.05, 0) is 37.6 Å². The van der Waals surface area contributed by atoms with E-state index in [1.54, 1.807) is 24.3 Å². The minimum absolute atomic E-state index is 0.166. The highest BCUT2D eigenvalue weighted by atomic mass is 35.5. The van der Waals surface area contributed by atoms with Gasteiger partial charge in [0.05, 0.1) is 12.6 Å². The molecule has 6 heteroatoms. The highest BCUT2D eigenvalue weighted by molar-refractivity contribution is 6.30. The van der Waals surface area contributed by atoms with Crippen LogP contribution in [-0.2, 0) is 9.59 Å². The van der Waals surface area contributed by atoms with Crippen molar-refractivity contribution in [2.45, 2.75) is 25.3 Å². The maximum absolute atomic E-state index is 12.0. The van der Waals surface area contributed by atoms with E-state index in [9.17, 15) is 9.59 Å². The number of hydrogen-bond donors (Lipinski definition) is 2. The molecule has 1 fully saturated rings. The van der Waals surface area contributed by atoms with E-state index in [2.05, 4.69) is 5.32 Å². The van der Waals surface area contributed by atoms with E-state index in [4.69, 9.17) is 17.3 Å². The van der Waals surface area contributed by atoms with Crippen molar-refractivity contribution in [3.63, 3.8) is 0 Å². The van der Waals surface area contributed by atoms with E-state index in [0.717, 1.165) is 25.8 Å². The Morgan fingerprint density at radius 2 is 2.20 bits per heavy atom. The molecular formula is C14H18ClN3O2. The fourth-order valence-corrected chi connectivity index (χ4v) is 2.64. The molecule has 1 atom stereocenters. The maximum Gasteiger partial charge on any atom is 0.238 e. The summed E-state index contributed by atoms with van der Waals surface area (Å²) in [6, 6.07) is 6.62. The number of nitrogens with zero attached hydrogens (tertiary/aromatic N) is 1. The van der Waals surface area contributed by atoms with Gasteiger partial charge in [-0.3, -0.25) is 14.5 Å². The van der Waals surface area contributed by atoms with Gasteiger partial charge in [0.2, 0.25) is 11.8 Å². The first-order valence-electron chi connectivity index (χ1n) is 6.65. The smallest absolute Gasteiger partial charge is 0.238 e. The largest absolute Gasteiger partial charge is 0.368 e. The molecule has 2 amide bonds. The van der Waals surface area contributed by atoms with Gasteiger partial charge in [-0.15, -0.1) is 0 Å². The summed E-state index contributed by atoms with van der Waals surface area (Å²) in [5, 5.41) is 3.34. The Kier molecular flexibility index (Phi) is 4.98. The fourth-order valence-electron chi connectivity index (χ4n) is 2.45. The molecule has 0 bridgehead atoms. The summed E-state index contributed by atoms with van der Waals surface area (Å²) in [6.07, 6.45) is 2.67. The van der Waals surface area contributed by atoms with Gasteiger partial charge in [-0.1, -0.05) is 24.1 Å². The Morgan fingerprint density at radius 1 is 1.40 bits per heavy atom. The average molecular weight is 296 g/mol. The first-order valence-corrected chi connectivity index (χ1v) is 7.03. The lowest BCUT2D eigenvalue weighted by Crippen LogP contribution is -2.50. The average Bonchev–Trinajstić information content (AvgIpc) is 2.38. The van der Waals surface area contributed by atoms with Crippen LogP contribution in [0.2, 0.25) is 5.02 Å². The Morgan fingerprint density at radius 3 is 2.90 bits per heavy atom. The quantitative estimate of drug-likeness (QED) is 0.886. The van der Waals surface area contributed by atoms with Crippen LogP contribution in [-0.4, -0.2) is 35.8 Å². The van der Waals surface area contributed by atoms with Gasteiger partial charge < -0.3 is 11.1 Å². The van der Waals surface area contributed by atoms with Crippen molar-refractivity contribution in [3.8, 4) is 0 Å². The third-order valence-electron chi connectivity index (χ3n) is 3.40. The topological polar surface area (TPSA) is 75.4 Å². The molecule has 0 saturated carbocycles. The van der Waals surface area contributed by atoms with Crippen molar-refractivity contribution >= 4 is 29.1 Å². The molecule has 108 valence electrons. The standard InChI is InChI=1S/C14H18ClN3O2/c15-10-4-3-5-11(8-10)17-13(19)9-18-7-2-1-6-12(18)14(16)20/h3-5,8,12H,1-2,6-7,9H2,(H2,16,20)(H,17,19)/t12-/m1/s1. The summed E-state index contributed by atoms with van der Waals surface area (Å²) in [6.45, 7) is 0.886. The summed E-state index contributed by atoms with van der Waals surface area (Å²) in [5.41, 5.74) is 6.02. The summed E-state index contributed by atoms with van der Waals surface area (Å²) in [7, 11) is 0. The van der Waals surface area contributed by atoms with E-state index in [1.165, 1.54) is 0 Å². The lowest BCUT2D eigenvalue weighted by Gasteiger charge is -2.32. The molecule has 1 aliphatic rings. The van der Waals surface area contributed by atoms with Crippen LogP contribution in [0.3, 0.4) is 0 Å². The van der Waals surface area contributed by atoms with Gasteiger partial charge in [-0.2, -0.15) is 0 Å². The van der Waals surface area contributed by atoms with Gasteiger partial charge in [-0.25, -0.2) is 0 Å². The van der Waals surface area contributed by atoms with Crippen LogP contribution in [0.5, 0.6) is 0 Å². The number of hydrogen-bond acceptors (Lipinski definition) is 3. The van der Waals surface area contributed by atoms with Gasteiger partial charge in [0, 0.05) is 10.7 Å². The predicted octanol–water partition coefficient (Wildman–Crippen LogP) is 1.62. The molecule has 0 radical (unpaired) electrons. The number of carbonyl (C=O) groups is 2. The number of carbonyl (C=O) groups excluding carboxylic acids is 2. The van der Waals surface area contributed by atoms with Crippen molar-refractivity contribution in [2.75, 3.05) is 18.4 Å². The number of benzene rings is 1. The van der Waals surface area contributed by atoms with Crippen molar-refractivity contribution in [2.24, 2.45) is 5.73 Å². The summed E-state index contributed by atoms with van der Waals surface area (Å²) in [5.74, 6) is -0.527. The molecule has 20 heavy (non-hydrogen) atoms. The summed E-state index contributed by atoms with van der Waals surface area (Å²) in [4.78, 5) is 25.2. The van der Waals surface area contributed by atoms with E-state index >= 15 is 0 Å². The molecule has 5 nitrogen and oxygen atoms in total. The van der Waals surface area contributed by atoms with Crippen LogP contribution in [0.15, 0.2) is 24.3 Å². The molecular weight excluding hydrogens is 278 g/mol. The van der Waals surface area contributed by atoms with Gasteiger partial charge in [0.25, 0.3) is 0 Å². The summed E-state index contributed by atoms with van der Waals surface area (Å²) >= 11 is 5.86. The molecule has 1 aliphatic heterocycles. The van der Waals surface area contributed by atoms with Gasteiger partial charge in [0.1, 0.15) is 0 Å². The minimum atomic E-state index is -0.361. The number of amides is 2. The Labute approximate surface area is 123 Å². The number of anilines is 1. The van der Waals surface area contributed by atoms with Gasteiger partial charge >= 0.3 is 0 Å². The second-order valence-electron chi connectivity index (χ2n) is 4.94. The number of nitrogens with one attached hydrogen (secondary N) is 1. The zero-order valence-electron chi connectivity index (χ0n) is 11.1. The van der Waals surface area contributed by atoms with Crippen LogP contribution in [0.1, 0.15) is 19.3 Å². The number of halogens is 1. The highest BCUT2D eigenvalue weighted by Gasteiger charge is 2.28. The monoisotopic (exact) mass is 295 g/mol. The normalized spacial score (nSPS) is 19.6. The molecule has 0 spiro atoms.